The van der Waals surface area contributed by atoms with Gasteiger partial charge in [-0.1, -0.05) is 24.3 Å². The quantitative estimate of drug-likeness (QED) is 0.358. The lowest BCUT2D eigenvalue weighted by molar-refractivity contribution is -0.140. The maximum Gasteiger partial charge on any atom is 0.324 e. The van der Waals surface area contributed by atoms with Crippen molar-refractivity contribution in [2.45, 2.75) is 18.2 Å². The van der Waals surface area contributed by atoms with Crippen molar-refractivity contribution >= 4 is 27.7 Å². The SMILES string of the molecule is COC(=O)C(Cl)Cc1cccc(CCOc2ccc(OS(C)(=O)=O)cc2)c1. The van der Waals surface area contributed by atoms with Crippen molar-refractivity contribution in [3.8, 4) is 11.5 Å². The molecule has 0 spiro atoms. The molecule has 0 aliphatic carbocycles. The molecule has 8 heteroatoms. The number of methoxy groups -OCH3 is 1. The van der Waals surface area contributed by atoms with Crippen LogP contribution in [0.25, 0.3) is 0 Å². The predicted octanol–water partition coefficient (Wildman–Crippen LogP) is 2.97. The lowest BCUT2D eigenvalue weighted by Crippen LogP contribution is -2.18. The Morgan fingerprint density at radius 1 is 1.07 bits per heavy atom. The number of carbonyl (C=O) groups is 1. The van der Waals surface area contributed by atoms with Gasteiger partial charge in [0.15, 0.2) is 0 Å². The third kappa shape index (κ3) is 7.48. The molecule has 0 bridgehead atoms. The van der Waals surface area contributed by atoms with E-state index >= 15 is 0 Å². The van der Waals surface area contributed by atoms with Crippen molar-refractivity contribution in [2.24, 2.45) is 0 Å². The van der Waals surface area contributed by atoms with Gasteiger partial charge < -0.3 is 13.7 Å². The second-order valence-corrected chi connectivity index (χ2v) is 7.97. The lowest BCUT2D eigenvalue weighted by Gasteiger charge is -2.10. The molecule has 0 aliphatic rings. The van der Waals surface area contributed by atoms with Crippen LogP contribution in [-0.2, 0) is 32.5 Å². The summed E-state index contributed by atoms with van der Waals surface area (Å²) in [6.07, 6.45) is 2.05. The van der Waals surface area contributed by atoms with E-state index in [1.807, 2.05) is 24.3 Å². The topological polar surface area (TPSA) is 78.9 Å². The highest BCUT2D eigenvalue weighted by Crippen LogP contribution is 2.19. The first-order valence-corrected chi connectivity index (χ1v) is 10.4. The Morgan fingerprint density at radius 2 is 1.70 bits per heavy atom. The number of rotatable bonds is 9. The average molecular weight is 413 g/mol. The van der Waals surface area contributed by atoms with Gasteiger partial charge in [0.2, 0.25) is 0 Å². The molecule has 0 fully saturated rings. The fourth-order valence-corrected chi connectivity index (χ4v) is 3.11. The van der Waals surface area contributed by atoms with Crippen molar-refractivity contribution in [2.75, 3.05) is 20.0 Å². The van der Waals surface area contributed by atoms with Crippen LogP contribution in [0.15, 0.2) is 48.5 Å². The molecule has 27 heavy (non-hydrogen) atoms. The third-order valence-corrected chi connectivity index (χ3v) is 4.42. The molecule has 0 amide bonds. The smallest absolute Gasteiger partial charge is 0.324 e. The van der Waals surface area contributed by atoms with Crippen LogP contribution < -0.4 is 8.92 Å². The maximum absolute atomic E-state index is 11.4. The van der Waals surface area contributed by atoms with Crippen LogP contribution in [0.2, 0.25) is 0 Å². The van der Waals surface area contributed by atoms with Gasteiger partial charge in [0.25, 0.3) is 0 Å². The molecule has 146 valence electrons. The van der Waals surface area contributed by atoms with Crippen LogP contribution in [0.3, 0.4) is 0 Å². The molecule has 2 rings (SSSR count). The molecule has 1 atom stereocenters. The Labute approximate surface area is 164 Å². The molecule has 0 aromatic heterocycles. The molecular formula is C19H21ClO6S. The molecule has 2 aromatic carbocycles. The standard InChI is InChI=1S/C19H21ClO6S/c1-24-19(21)18(20)13-15-5-3-4-14(12-15)10-11-25-16-6-8-17(9-7-16)26-27(2,22)23/h3-9,12,18H,10-11,13H2,1-2H3. The zero-order valence-corrected chi connectivity index (χ0v) is 16.6. The van der Waals surface area contributed by atoms with Gasteiger partial charge in [-0.15, -0.1) is 11.6 Å². The fraction of sp³-hybridized carbons (Fsp3) is 0.316. The van der Waals surface area contributed by atoms with Crippen LogP contribution in [0.1, 0.15) is 11.1 Å². The summed E-state index contributed by atoms with van der Waals surface area (Å²) < 4.78 is 37.2. The molecule has 6 nitrogen and oxygen atoms in total. The highest BCUT2D eigenvalue weighted by molar-refractivity contribution is 7.86. The Bertz CT molecular complexity index is 864. The first kappa shape index (κ1) is 21.1. The second kappa shape index (κ2) is 9.62. The number of benzene rings is 2. The van der Waals surface area contributed by atoms with Crippen LogP contribution in [0.4, 0.5) is 0 Å². The van der Waals surface area contributed by atoms with Gasteiger partial charge in [-0.25, -0.2) is 0 Å². The van der Waals surface area contributed by atoms with Gasteiger partial charge in [-0.3, -0.25) is 4.79 Å². The predicted molar refractivity (Wildman–Crippen MR) is 103 cm³/mol. The van der Waals surface area contributed by atoms with Crippen molar-refractivity contribution < 1.29 is 26.9 Å². The summed E-state index contributed by atoms with van der Waals surface area (Å²) in [5, 5.41) is -0.714. The van der Waals surface area contributed by atoms with Crippen LogP contribution >= 0.6 is 11.6 Å². The summed E-state index contributed by atoms with van der Waals surface area (Å²) in [4.78, 5) is 11.4. The van der Waals surface area contributed by atoms with E-state index in [9.17, 15) is 13.2 Å². The molecule has 0 saturated carbocycles. The molecule has 0 radical (unpaired) electrons. The first-order chi connectivity index (χ1) is 12.8. The van der Waals surface area contributed by atoms with E-state index < -0.39 is 21.5 Å². The number of carbonyl (C=O) groups excluding carboxylic acids is 1. The Morgan fingerprint density at radius 3 is 2.33 bits per heavy atom. The van der Waals surface area contributed by atoms with Crippen molar-refractivity contribution in [3.05, 3.63) is 59.7 Å². The van der Waals surface area contributed by atoms with E-state index in [0.29, 0.717) is 25.2 Å². The van der Waals surface area contributed by atoms with E-state index in [1.165, 1.54) is 19.2 Å². The summed E-state index contributed by atoms with van der Waals surface area (Å²) in [6.45, 7) is 0.442. The second-order valence-electron chi connectivity index (χ2n) is 5.87. The largest absolute Gasteiger partial charge is 0.493 e. The van der Waals surface area contributed by atoms with Crippen LogP contribution in [0, 0.1) is 0 Å². The number of ether oxygens (including phenoxy) is 2. The number of hydrogen-bond acceptors (Lipinski definition) is 6. The van der Waals surface area contributed by atoms with Gasteiger partial charge in [0, 0.05) is 6.42 Å². The highest BCUT2D eigenvalue weighted by Gasteiger charge is 2.16. The molecule has 0 heterocycles. The summed E-state index contributed by atoms with van der Waals surface area (Å²) >= 11 is 6.01. The zero-order chi connectivity index (χ0) is 19.9. The van der Waals surface area contributed by atoms with E-state index in [2.05, 4.69) is 4.74 Å². The van der Waals surface area contributed by atoms with Gasteiger partial charge in [0.1, 0.15) is 16.9 Å². The minimum atomic E-state index is -3.54. The third-order valence-electron chi connectivity index (χ3n) is 3.59. The van der Waals surface area contributed by atoms with E-state index in [1.54, 1.807) is 12.1 Å². The van der Waals surface area contributed by atoms with Gasteiger partial charge in [-0.2, -0.15) is 8.42 Å². The summed E-state index contributed by atoms with van der Waals surface area (Å²) in [5.74, 6) is 0.394. The number of alkyl halides is 1. The monoisotopic (exact) mass is 412 g/mol. The van der Waals surface area contributed by atoms with E-state index in [0.717, 1.165) is 17.4 Å². The zero-order valence-electron chi connectivity index (χ0n) is 15.1. The Hall–Kier alpha value is -2.25. The first-order valence-electron chi connectivity index (χ1n) is 8.19. The molecule has 0 N–H and O–H groups in total. The van der Waals surface area contributed by atoms with Crippen molar-refractivity contribution in [1.82, 2.24) is 0 Å². The van der Waals surface area contributed by atoms with E-state index in [-0.39, 0.29) is 5.75 Å². The van der Waals surface area contributed by atoms with Gasteiger partial charge in [0.05, 0.1) is 20.0 Å². The molecule has 1 unspecified atom stereocenters. The summed E-state index contributed by atoms with van der Waals surface area (Å²) in [7, 11) is -2.23. The number of hydrogen-bond donors (Lipinski definition) is 0. The van der Waals surface area contributed by atoms with Crippen molar-refractivity contribution in [3.63, 3.8) is 0 Å². The summed E-state index contributed by atoms with van der Waals surface area (Å²) in [6, 6.07) is 14.1. The maximum atomic E-state index is 11.4. The molecule has 0 saturated heterocycles. The normalized spacial score (nSPS) is 12.3. The average Bonchev–Trinajstić information content (AvgIpc) is 2.61. The lowest BCUT2D eigenvalue weighted by atomic mass is 10.0. The number of halogens is 1. The number of esters is 1. The Kier molecular flexibility index (Phi) is 7.50. The van der Waals surface area contributed by atoms with Gasteiger partial charge in [-0.05, 0) is 41.8 Å². The molecular weight excluding hydrogens is 392 g/mol. The summed E-state index contributed by atoms with van der Waals surface area (Å²) in [5.41, 5.74) is 2.00. The van der Waals surface area contributed by atoms with Crippen LogP contribution in [0.5, 0.6) is 11.5 Å². The van der Waals surface area contributed by atoms with E-state index in [4.69, 9.17) is 20.5 Å². The van der Waals surface area contributed by atoms with Gasteiger partial charge >= 0.3 is 16.1 Å². The van der Waals surface area contributed by atoms with Crippen molar-refractivity contribution in [1.29, 1.82) is 0 Å². The Balaban J connectivity index is 1.86. The van der Waals surface area contributed by atoms with Crippen LogP contribution in [-0.4, -0.2) is 39.7 Å². The molecule has 2 aromatic rings. The molecule has 0 aliphatic heterocycles. The minimum absolute atomic E-state index is 0.235. The minimum Gasteiger partial charge on any atom is -0.493 e. The highest BCUT2D eigenvalue weighted by atomic mass is 35.5. The fourth-order valence-electron chi connectivity index (χ4n) is 2.38.